The zero-order chi connectivity index (χ0) is 14.4. The summed E-state index contributed by atoms with van der Waals surface area (Å²) in [5, 5.41) is 13.4. The smallest absolute Gasteiger partial charge is 0.0664 e. The summed E-state index contributed by atoms with van der Waals surface area (Å²) in [5.74, 6) is 0. The van der Waals surface area contributed by atoms with Crippen molar-refractivity contribution in [3.05, 3.63) is 65.7 Å². The number of aliphatic hydroxyl groups is 1. The average molecular weight is 269 g/mol. The molecule has 0 spiro atoms. The van der Waals surface area contributed by atoms with E-state index in [0.717, 1.165) is 18.5 Å². The van der Waals surface area contributed by atoms with E-state index in [1.807, 2.05) is 24.3 Å². The van der Waals surface area contributed by atoms with Crippen molar-refractivity contribution in [3.8, 4) is 0 Å². The van der Waals surface area contributed by atoms with Crippen LogP contribution in [0.15, 0.2) is 54.6 Å². The highest BCUT2D eigenvalue weighted by molar-refractivity contribution is 5.48. The van der Waals surface area contributed by atoms with Crippen LogP contribution in [0.5, 0.6) is 0 Å². The molecular weight excluding hydrogens is 246 g/mol. The molecule has 0 saturated carbocycles. The third-order valence-corrected chi connectivity index (χ3v) is 3.79. The molecule has 0 fully saturated rings. The molecular formula is C18H23NO. The summed E-state index contributed by atoms with van der Waals surface area (Å²) < 4.78 is 0. The lowest BCUT2D eigenvalue weighted by Crippen LogP contribution is -2.43. The van der Waals surface area contributed by atoms with Crippen LogP contribution in [0, 0.1) is 6.92 Å². The highest BCUT2D eigenvalue weighted by Gasteiger charge is 2.27. The van der Waals surface area contributed by atoms with Crippen molar-refractivity contribution in [1.82, 2.24) is 0 Å². The minimum Gasteiger partial charge on any atom is -0.394 e. The van der Waals surface area contributed by atoms with Gasteiger partial charge in [0.1, 0.15) is 0 Å². The first kappa shape index (κ1) is 14.6. The Balaban J connectivity index is 2.21. The lowest BCUT2D eigenvalue weighted by molar-refractivity contribution is 0.205. The lowest BCUT2D eigenvalue weighted by atomic mass is 9.88. The van der Waals surface area contributed by atoms with Crippen molar-refractivity contribution in [2.45, 2.75) is 32.2 Å². The molecule has 0 aliphatic heterocycles. The number of aryl methyl sites for hydroxylation is 1. The first-order chi connectivity index (χ1) is 9.67. The molecule has 2 aromatic carbocycles. The van der Waals surface area contributed by atoms with Gasteiger partial charge in [-0.15, -0.1) is 0 Å². The fourth-order valence-electron chi connectivity index (χ4n) is 2.48. The number of nitrogens with one attached hydrogen (secondary N) is 1. The quantitative estimate of drug-likeness (QED) is 0.836. The summed E-state index contributed by atoms with van der Waals surface area (Å²) >= 11 is 0. The standard InChI is InChI=1S/C18H23NO/c1-3-18(14-20,13-16-9-5-4-6-10-16)19-17-11-7-8-15(2)12-17/h4-12,19-20H,3,13-14H2,1-2H3. The molecule has 2 heteroatoms. The van der Waals surface area contributed by atoms with E-state index >= 15 is 0 Å². The maximum atomic E-state index is 9.91. The van der Waals surface area contributed by atoms with E-state index in [9.17, 15) is 5.11 Å². The topological polar surface area (TPSA) is 32.3 Å². The summed E-state index contributed by atoms with van der Waals surface area (Å²) in [6.07, 6.45) is 1.68. The van der Waals surface area contributed by atoms with Crippen molar-refractivity contribution < 1.29 is 5.11 Å². The number of rotatable bonds is 6. The van der Waals surface area contributed by atoms with Crippen molar-refractivity contribution in [2.75, 3.05) is 11.9 Å². The zero-order valence-electron chi connectivity index (χ0n) is 12.3. The van der Waals surface area contributed by atoms with Gasteiger partial charge in [-0.2, -0.15) is 0 Å². The number of hydrogen-bond donors (Lipinski definition) is 2. The van der Waals surface area contributed by atoms with Crippen LogP contribution in [0.3, 0.4) is 0 Å². The molecule has 20 heavy (non-hydrogen) atoms. The van der Waals surface area contributed by atoms with E-state index in [1.54, 1.807) is 0 Å². The Morgan fingerprint density at radius 1 is 1.05 bits per heavy atom. The van der Waals surface area contributed by atoms with Crippen LogP contribution in [0.4, 0.5) is 5.69 Å². The second kappa shape index (κ2) is 6.58. The van der Waals surface area contributed by atoms with E-state index in [-0.39, 0.29) is 12.1 Å². The molecule has 0 radical (unpaired) electrons. The molecule has 2 N–H and O–H groups in total. The van der Waals surface area contributed by atoms with Crippen LogP contribution in [-0.2, 0) is 6.42 Å². The number of hydrogen-bond acceptors (Lipinski definition) is 2. The van der Waals surface area contributed by atoms with E-state index in [0.29, 0.717) is 0 Å². The SMILES string of the molecule is CCC(CO)(Cc1ccccc1)Nc1cccc(C)c1. The highest BCUT2D eigenvalue weighted by atomic mass is 16.3. The van der Waals surface area contributed by atoms with Crippen molar-refractivity contribution in [3.63, 3.8) is 0 Å². The van der Waals surface area contributed by atoms with Gasteiger partial charge >= 0.3 is 0 Å². The molecule has 0 aromatic heterocycles. The fourth-order valence-corrected chi connectivity index (χ4v) is 2.48. The molecule has 2 rings (SSSR count). The van der Waals surface area contributed by atoms with E-state index in [1.165, 1.54) is 11.1 Å². The molecule has 0 aliphatic rings. The molecule has 1 unspecified atom stereocenters. The summed E-state index contributed by atoms with van der Waals surface area (Å²) in [6, 6.07) is 18.6. The van der Waals surface area contributed by atoms with Gasteiger partial charge in [0, 0.05) is 5.69 Å². The average Bonchev–Trinajstić information content (AvgIpc) is 2.47. The maximum absolute atomic E-state index is 9.91. The summed E-state index contributed by atoms with van der Waals surface area (Å²) in [5.41, 5.74) is 3.22. The van der Waals surface area contributed by atoms with Crippen LogP contribution in [0.2, 0.25) is 0 Å². The van der Waals surface area contributed by atoms with Crippen molar-refractivity contribution >= 4 is 5.69 Å². The van der Waals surface area contributed by atoms with Gasteiger partial charge in [0.05, 0.1) is 12.1 Å². The van der Waals surface area contributed by atoms with E-state index < -0.39 is 0 Å². The first-order valence-electron chi connectivity index (χ1n) is 7.17. The van der Waals surface area contributed by atoms with Crippen LogP contribution in [0.1, 0.15) is 24.5 Å². The monoisotopic (exact) mass is 269 g/mol. The Bertz CT molecular complexity index is 532. The Morgan fingerprint density at radius 3 is 2.40 bits per heavy atom. The summed E-state index contributed by atoms with van der Waals surface area (Å²) in [4.78, 5) is 0. The molecule has 2 aromatic rings. The first-order valence-corrected chi connectivity index (χ1v) is 7.17. The van der Waals surface area contributed by atoms with Crippen LogP contribution >= 0.6 is 0 Å². The second-order valence-electron chi connectivity index (χ2n) is 5.45. The van der Waals surface area contributed by atoms with Gasteiger partial charge in [-0.1, -0.05) is 49.4 Å². The van der Waals surface area contributed by atoms with Gasteiger partial charge < -0.3 is 10.4 Å². The van der Waals surface area contributed by atoms with Gasteiger partial charge in [0.2, 0.25) is 0 Å². The van der Waals surface area contributed by atoms with Gasteiger partial charge in [0.15, 0.2) is 0 Å². The summed E-state index contributed by atoms with van der Waals surface area (Å²) in [7, 11) is 0. The Labute approximate surface area is 121 Å². The van der Waals surface area contributed by atoms with Gasteiger partial charge in [0.25, 0.3) is 0 Å². The minimum atomic E-state index is -0.310. The summed E-state index contributed by atoms with van der Waals surface area (Å²) in [6.45, 7) is 4.31. The third-order valence-electron chi connectivity index (χ3n) is 3.79. The third kappa shape index (κ3) is 3.61. The molecule has 0 heterocycles. The van der Waals surface area contributed by atoms with Crippen LogP contribution < -0.4 is 5.32 Å². The lowest BCUT2D eigenvalue weighted by Gasteiger charge is -2.33. The zero-order valence-corrected chi connectivity index (χ0v) is 12.3. The number of aliphatic hydroxyl groups excluding tert-OH is 1. The fraction of sp³-hybridized carbons (Fsp3) is 0.333. The molecule has 1 atom stereocenters. The molecule has 2 nitrogen and oxygen atoms in total. The molecule has 0 saturated heterocycles. The molecule has 106 valence electrons. The predicted octanol–water partition coefficient (Wildman–Crippen LogP) is 3.79. The van der Waals surface area contributed by atoms with E-state index in [4.69, 9.17) is 0 Å². The Hall–Kier alpha value is -1.80. The maximum Gasteiger partial charge on any atom is 0.0664 e. The van der Waals surface area contributed by atoms with Gasteiger partial charge in [-0.3, -0.25) is 0 Å². The van der Waals surface area contributed by atoms with Crippen molar-refractivity contribution in [2.24, 2.45) is 0 Å². The van der Waals surface area contributed by atoms with E-state index in [2.05, 4.69) is 49.5 Å². The highest BCUT2D eigenvalue weighted by Crippen LogP contribution is 2.23. The molecule has 0 amide bonds. The predicted molar refractivity (Wildman–Crippen MR) is 85.1 cm³/mol. The van der Waals surface area contributed by atoms with Gasteiger partial charge in [-0.25, -0.2) is 0 Å². The van der Waals surface area contributed by atoms with Crippen LogP contribution in [0.25, 0.3) is 0 Å². The largest absolute Gasteiger partial charge is 0.394 e. The van der Waals surface area contributed by atoms with Crippen LogP contribution in [-0.4, -0.2) is 17.3 Å². The minimum absolute atomic E-state index is 0.117. The normalized spacial score (nSPS) is 13.8. The number of benzene rings is 2. The Morgan fingerprint density at radius 2 is 1.80 bits per heavy atom. The molecule has 0 bridgehead atoms. The molecule has 0 aliphatic carbocycles. The van der Waals surface area contributed by atoms with Crippen molar-refractivity contribution in [1.29, 1.82) is 0 Å². The second-order valence-corrected chi connectivity index (χ2v) is 5.45. The van der Waals surface area contributed by atoms with Gasteiger partial charge in [-0.05, 0) is 43.0 Å². The number of anilines is 1. The Kier molecular flexibility index (Phi) is 4.80.